The summed E-state index contributed by atoms with van der Waals surface area (Å²) in [5.74, 6) is 0. The van der Waals surface area contributed by atoms with Crippen LogP contribution in [0.5, 0.6) is 0 Å². The molecule has 10 heteroatoms. The van der Waals surface area contributed by atoms with E-state index in [4.69, 9.17) is 9.84 Å². The van der Waals surface area contributed by atoms with Crippen molar-refractivity contribution in [1.82, 2.24) is 20.0 Å². The van der Waals surface area contributed by atoms with Crippen molar-refractivity contribution in [2.75, 3.05) is 31.2 Å². The van der Waals surface area contributed by atoms with Gasteiger partial charge in [0, 0.05) is 47.6 Å². The minimum Gasteiger partial charge on any atom is -0.378 e. The second kappa shape index (κ2) is 9.99. The summed E-state index contributed by atoms with van der Waals surface area (Å²) in [6, 6.07) is 19.6. The van der Waals surface area contributed by atoms with Crippen LogP contribution in [-0.4, -0.2) is 51.2 Å². The lowest BCUT2D eigenvalue weighted by atomic mass is 9.98. The number of aromatic amines is 1. The number of nitro benzene ring substituents is 1. The van der Waals surface area contributed by atoms with E-state index in [1.165, 1.54) is 6.07 Å². The average Bonchev–Trinajstić information content (AvgIpc) is 3.53. The number of anilines is 1. The molecule has 194 valence electrons. The fourth-order valence-electron chi connectivity index (χ4n) is 4.90. The molecule has 39 heavy (non-hydrogen) atoms. The van der Waals surface area contributed by atoms with Gasteiger partial charge in [0.2, 0.25) is 0 Å². The highest BCUT2D eigenvalue weighted by Gasteiger charge is 2.23. The fraction of sp³-hybridized carbons (Fsp3) is 0.138. The van der Waals surface area contributed by atoms with Crippen LogP contribution < -0.4 is 10.5 Å². The topological polar surface area (TPSA) is 119 Å². The van der Waals surface area contributed by atoms with Crippen molar-refractivity contribution in [2.24, 2.45) is 0 Å². The quantitative estimate of drug-likeness (QED) is 0.252. The number of benzene rings is 3. The van der Waals surface area contributed by atoms with Crippen LogP contribution in [-0.2, 0) is 4.74 Å². The number of nitrogens with one attached hydrogen (secondary N) is 1. The highest BCUT2D eigenvalue weighted by atomic mass is 16.6. The molecule has 0 saturated carbocycles. The molecule has 0 aliphatic carbocycles. The maximum Gasteiger partial charge on any atom is 0.295 e. The van der Waals surface area contributed by atoms with Crippen LogP contribution in [0.1, 0.15) is 5.56 Å². The molecule has 3 heterocycles. The minimum absolute atomic E-state index is 0.106. The van der Waals surface area contributed by atoms with Gasteiger partial charge in [-0.1, -0.05) is 30.9 Å². The Morgan fingerprint density at radius 2 is 1.77 bits per heavy atom. The Morgan fingerprint density at radius 3 is 2.49 bits per heavy atom. The number of hydrogen-bond donors (Lipinski definition) is 1. The molecule has 0 atom stereocenters. The smallest absolute Gasteiger partial charge is 0.295 e. The molecule has 0 amide bonds. The van der Waals surface area contributed by atoms with Crippen LogP contribution in [0.3, 0.4) is 0 Å². The maximum atomic E-state index is 13.8. The van der Waals surface area contributed by atoms with Crippen LogP contribution >= 0.6 is 0 Å². The van der Waals surface area contributed by atoms with Crippen molar-refractivity contribution in [3.05, 3.63) is 106 Å². The maximum absolute atomic E-state index is 13.8. The first-order chi connectivity index (χ1) is 19.0. The molecule has 0 bridgehead atoms. The Kier molecular flexibility index (Phi) is 6.22. The minimum atomic E-state index is -0.490. The number of H-pyrrole nitrogens is 1. The second-order valence-corrected chi connectivity index (χ2v) is 9.16. The Balaban J connectivity index is 1.62. The monoisotopic (exact) mass is 520 g/mol. The van der Waals surface area contributed by atoms with Gasteiger partial charge in [0.15, 0.2) is 0 Å². The standard InChI is InChI=1S/C29H24N6O4/c1-2-19-15-20(25-9-10-30-31-25)17-21(16-19)28-23-5-3-4-6-24(23)29(36)34(32-28)27-18-22(7-8-26(27)35(37)38)33-11-13-39-14-12-33/h2-10,15-18H,1,11-14H2,(H,30,31). The molecule has 10 nitrogen and oxygen atoms in total. The molecule has 6 rings (SSSR count). The summed E-state index contributed by atoms with van der Waals surface area (Å²) < 4.78 is 6.60. The zero-order chi connectivity index (χ0) is 26.9. The molecule has 5 aromatic rings. The summed E-state index contributed by atoms with van der Waals surface area (Å²) in [5, 5.41) is 24.9. The Bertz CT molecular complexity index is 1770. The zero-order valence-electron chi connectivity index (χ0n) is 20.9. The van der Waals surface area contributed by atoms with E-state index in [9.17, 15) is 14.9 Å². The SMILES string of the molecule is C=Cc1cc(-c2ccn[nH]2)cc(-c2nn(-c3cc(N4CCOCC4)ccc3[N+](=O)[O-])c(=O)c3ccccc23)c1. The number of rotatable bonds is 6. The Morgan fingerprint density at radius 1 is 1.00 bits per heavy atom. The summed E-state index contributed by atoms with van der Waals surface area (Å²) in [4.78, 5) is 27.4. The van der Waals surface area contributed by atoms with Crippen molar-refractivity contribution < 1.29 is 9.66 Å². The van der Waals surface area contributed by atoms with E-state index in [1.807, 2.05) is 36.4 Å². The van der Waals surface area contributed by atoms with E-state index in [0.29, 0.717) is 42.8 Å². The number of fused-ring (bicyclic) bond motifs is 1. The molecule has 1 fully saturated rings. The highest BCUT2D eigenvalue weighted by molar-refractivity contribution is 5.95. The highest BCUT2D eigenvalue weighted by Crippen LogP contribution is 2.33. The molecule has 1 N–H and O–H groups in total. The molecule has 1 aliphatic heterocycles. The van der Waals surface area contributed by atoms with Crippen molar-refractivity contribution in [3.63, 3.8) is 0 Å². The molecule has 1 aliphatic rings. The van der Waals surface area contributed by atoms with Gasteiger partial charge in [0.05, 0.1) is 34.9 Å². The third-order valence-corrected chi connectivity index (χ3v) is 6.84. The Labute approximate surface area is 222 Å². The van der Waals surface area contributed by atoms with E-state index in [0.717, 1.165) is 32.8 Å². The average molecular weight is 521 g/mol. The van der Waals surface area contributed by atoms with Crippen LogP contribution in [0.4, 0.5) is 11.4 Å². The number of aromatic nitrogens is 4. The lowest BCUT2D eigenvalue weighted by Crippen LogP contribution is -2.36. The number of nitro groups is 1. The molecule has 0 radical (unpaired) electrons. The van der Waals surface area contributed by atoms with Gasteiger partial charge in [0.25, 0.3) is 11.2 Å². The van der Waals surface area contributed by atoms with Crippen LogP contribution in [0.25, 0.3) is 45.1 Å². The zero-order valence-corrected chi connectivity index (χ0v) is 20.9. The van der Waals surface area contributed by atoms with E-state index >= 15 is 0 Å². The van der Waals surface area contributed by atoms with Gasteiger partial charge in [-0.05, 0) is 48.0 Å². The lowest BCUT2D eigenvalue weighted by Gasteiger charge is -2.29. The van der Waals surface area contributed by atoms with Gasteiger partial charge in [-0.25, -0.2) is 0 Å². The largest absolute Gasteiger partial charge is 0.378 e. The fourth-order valence-corrected chi connectivity index (χ4v) is 4.90. The van der Waals surface area contributed by atoms with E-state index < -0.39 is 10.5 Å². The van der Waals surface area contributed by atoms with Gasteiger partial charge in [-0.3, -0.25) is 20.0 Å². The third kappa shape index (κ3) is 4.47. The van der Waals surface area contributed by atoms with Gasteiger partial charge in [0.1, 0.15) is 5.69 Å². The van der Waals surface area contributed by atoms with Crippen molar-refractivity contribution in [3.8, 4) is 28.2 Å². The van der Waals surface area contributed by atoms with Gasteiger partial charge in [-0.2, -0.15) is 14.9 Å². The number of nitrogens with zero attached hydrogens (tertiary/aromatic N) is 5. The molecule has 2 aromatic heterocycles. The van der Waals surface area contributed by atoms with E-state index in [1.54, 1.807) is 36.5 Å². The molecule has 1 saturated heterocycles. The molecule has 0 spiro atoms. The summed E-state index contributed by atoms with van der Waals surface area (Å²) >= 11 is 0. The first-order valence-corrected chi connectivity index (χ1v) is 12.4. The van der Waals surface area contributed by atoms with Crippen molar-refractivity contribution in [2.45, 2.75) is 0 Å². The predicted molar refractivity (Wildman–Crippen MR) is 150 cm³/mol. The lowest BCUT2D eigenvalue weighted by molar-refractivity contribution is -0.384. The normalized spacial score (nSPS) is 13.5. The first kappa shape index (κ1) is 24.3. The van der Waals surface area contributed by atoms with Gasteiger partial charge >= 0.3 is 0 Å². The number of hydrogen-bond acceptors (Lipinski definition) is 7. The van der Waals surface area contributed by atoms with E-state index in [-0.39, 0.29) is 11.4 Å². The Hall–Kier alpha value is -5.09. The van der Waals surface area contributed by atoms with Crippen LogP contribution in [0.15, 0.2) is 84.3 Å². The van der Waals surface area contributed by atoms with Crippen molar-refractivity contribution >= 4 is 28.2 Å². The van der Waals surface area contributed by atoms with E-state index in [2.05, 4.69) is 21.7 Å². The first-order valence-electron chi connectivity index (χ1n) is 12.4. The summed E-state index contributed by atoms with van der Waals surface area (Å²) in [6.07, 6.45) is 3.40. The number of ether oxygens (including phenoxy) is 1. The predicted octanol–water partition coefficient (Wildman–Crippen LogP) is 4.83. The van der Waals surface area contributed by atoms with Gasteiger partial charge in [-0.15, -0.1) is 0 Å². The molecular weight excluding hydrogens is 496 g/mol. The van der Waals surface area contributed by atoms with Crippen LogP contribution in [0.2, 0.25) is 0 Å². The van der Waals surface area contributed by atoms with Gasteiger partial charge < -0.3 is 9.64 Å². The molecule has 3 aromatic carbocycles. The van der Waals surface area contributed by atoms with Crippen LogP contribution in [0, 0.1) is 10.1 Å². The summed E-state index contributed by atoms with van der Waals surface area (Å²) in [6.45, 7) is 6.33. The van der Waals surface area contributed by atoms with Crippen molar-refractivity contribution in [1.29, 1.82) is 0 Å². The summed E-state index contributed by atoms with van der Waals surface area (Å²) in [5.41, 5.74) is 3.99. The number of morpholine rings is 1. The molecular formula is C29H24N6O4. The third-order valence-electron chi connectivity index (χ3n) is 6.84. The second-order valence-electron chi connectivity index (χ2n) is 9.16. The summed E-state index contributed by atoms with van der Waals surface area (Å²) in [7, 11) is 0. The molecule has 0 unspecified atom stereocenters.